The Hall–Kier alpha value is -2.63. The summed E-state index contributed by atoms with van der Waals surface area (Å²) in [7, 11) is 0. The monoisotopic (exact) mass is 398 g/mol. The van der Waals surface area contributed by atoms with E-state index in [0.29, 0.717) is 29.4 Å². The molecule has 146 valence electrons. The van der Waals surface area contributed by atoms with Crippen LogP contribution in [0.25, 0.3) is 10.9 Å². The summed E-state index contributed by atoms with van der Waals surface area (Å²) in [6.45, 7) is 4.95. The fourth-order valence-electron chi connectivity index (χ4n) is 2.64. The zero-order chi connectivity index (χ0) is 19.9. The second kappa shape index (κ2) is 9.53. The minimum absolute atomic E-state index is 0.0897. The first kappa shape index (κ1) is 20.1. The number of nitrogens with zero attached hydrogens (tertiary/aromatic N) is 1. The average Bonchev–Trinajstić information content (AvgIpc) is 2.71. The SMILES string of the molecule is CC(C)OCc1ccc(CNC(=O)COc2ccc(Cl)c3cccnc23)cc1. The molecule has 1 N–H and O–H groups in total. The van der Waals surface area contributed by atoms with Crippen molar-refractivity contribution in [3.8, 4) is 5.75 Å². The van der Waals surface area contributed by atoms with Crippen molar-refractivity contribution >= 4 is 28.4 Å². The molecule has 0 fully saturated rings. The highest BCUT2D eigenvalue weighted by Gasteiger charge is 2.09. The van der Waals surface area contributed by atoms with Crippen LogP contribution in [0.15, 0.2) is 54.7 Å². The van der Waals surface area contributed by atoms with Gasteiger partial charge < -0.3 is 14.8 Å². The normalized spacial score (nSPS) is 11.0. The topological polar surface area (TPSA) is 60.5 Å². The number of hydrogen-bond acceptors (Lipinski definition) is 4. The second-order valence-electron chi connectivity index (χ2n) is 6.69. The standard InChI is InChI=1S/C22H23ClN2O3/c1-15(2)27-13-17-7-5-16(6-8-17)12-25-21(26)14-28-20-10-9-19(23)18-4-3-11-24-22(18)20/h3-11,15H,12-14H2,1-2H3,(H,25,26). The molecule has 0 radical (unpaired) electrons. The lowest BCUT2D eigenvalue weighted by Gasteiger charge is -2.11. The van der Waals surface area contributed by atoms with Crippen LogP contribution in [0.2, 0.25) is 5.02 Å². The van der Waals surface area contributed by atoms with Gasteiger partial charge in [-0.05, 0) is 49.2 Å². The molecule has 28 heavy (non-hydrogen) atoms. The van der Waals surface area contributed by atoms with Gasteiger partial charge in [-0.15, -0.1) is 0 Å². The van der Waals surface area contributed by atoms with E-state index in [1.54, 1.807) is 18.3 Å². The van der Waals surface area contributed by atoms with Crippen molar-refractivity contribution in [2.45, 2.75) is 33.1 Å². The summed E-state index contributed by atoms with van der Waals surface area (Å²) < 4.78 is 11.2. The summed E-state index contributed by atoms with van der Waals surface area (Å²) in [5.41, 5.74) is 2.76. The third-order valence-corrected chi connectivity index (χ3v) is 4.46. The highest BCUT2D eigenvalue weighted by atomic mass is 35.5. The molecule has 3 aromatic rings. The average molecular weight is 399 g/mol. The van der Waals surface area contributed by atoms with Crippen molar-refractivity contribution in [3.05, 3.63) is 70.9 Å². The molecule has 0 saturated carbocycles. The Labute approximate surface area is 169 Å². The number of fused-ring (bicyclic) bond motifs is 1. The number of halogens is 1. The van der Waals surface area contributed by atoms with Crippen LogP contribution in [0.4, 0.5) is 0 Å². The predicted molar refractivity (Wildman–Crippen MR) is 110 cm³/mol. The third-order valence-electron chi connectivity index (χ3n) is 4.13. The van der Waals surface area contributed by atoms with Crippen LogP contribution in [0.1, 0.15) is 25.0 Å². The molecule has 0 atom stereocenters. The molecule has 6 heteroatoms. The van der Waals surface area contributed by atoms with Crippen LogP contribution in [-0.2, 0) is 22.7 Å². The molecule has 0 bridgehead atoms. The number of pyridine rings is 1. The van der Waals surface area contributed by atoms with E-state index >= 15 is 0 Å². The van der Waals surface area contributed by atoms with Gasteiger partial charge in [-0.25, -0.2) is 0 Å². The van der Waals surface area contributed by atoms with Crippen molar-refractivity contribution in [3.63, 3.8) is 0 Å². The number of carbonyl (C=O) groups excluding carboxylic acids is 1. The Morgan fingerprint density at radius 2 is 1.86 bits per heavy atom. The van der Waals surface area contributed by atoms with Gasteiger partial charge in [-0.3, -0.25) is 9.78 Å². The van der Waals surface area contributed by atoms with E-state index in [4.69, 9.17) is 21.1 Å². The lowest BCUT2D eigenvalue weighted by atomic mass is 10.1. The number of aromatic nitrogens is 1. The van der Waals surface area contributed by atoms with E-state index in [2.05, 4.69) is 10.3 Å². The minimum Gasteiger partial charge on any atom is -0.481 e. The number of nitrogens with one attached hydrogen (secondary N) is 1. The van der Waals surface area contributed by atoms with Gasteiger partial charge in [0.15, 0.2) is 6.61 Å². The van der Waals surface area contributed by atoms with E-state index < -0.39 is 0 Å². The van der Waals surface area contributed by atoms with Gasteiger partial charge in [0.2, 0.25) is 0 Å². The maximum atomic E-state index is 12.1. The first-order valence-electron chi connectivity index (χ1n) is 9.15. The second-order valence-corrected chi connectivity index (χ2v) is 7.09. The van der Waals surface area contributed by atoms with Crippen molar-refractivity contribution < 1.29 is 14.3 Å². The Morgan fingerprint density at radius 3 is 2.61 bits per heavy atom. The number of rotatable bonds is 8. The fourth-order valence-corrected chi connectivity index (χ4v) is 2.86. The molecule has 0 aliphatic carbocycles. The molecule has 3 rings (SSSR count). The lowest BCUT2D eigenvalue weighted by molar-refractivity contribution is -0.123. The first-order valence-corrected chi connectivity index (χ1v) is 9.53. The molecule has 0 unspecified atom stereocenters. The molecule has 1 aromatic heterocycles. The predicted octanol–water partition coefficient (Wildman–Crippen LogP) is 4.51. The third kappa shape index (κ3) is 5.44. The molecular weight excluding hydrogens is 376 g/mol. The van der Waals surface area contributed by atoms with Crippen molar-refractivity contribution in [2.24, 2.45) is 0 Å². The molecule has 0 aliphatic heterocycles. The summed E-state index contributed by atoms with van der Waals surface area (Å²) in [4.78, 5) is 16.4. The number of amides is 1. The molecule has 1 heterocycles. The van der Waals surface area contributed by atoms with Crippen LogP contribution >= 0.6 is 11.6 Å². The van der Waals surface area contributed by atoms with E-state index in [1.807, 2.05) is 50.2 Å². The number of benzene rings is 2. The highest BCUT2D eigenvalue weighted by molar-refractivity contribution is 6.35. The van der Waals surface area contributed by atoms with Crippen molar-refractivity contribution in [1.82, 2.24) is 10.3 Å². The van der Waals surface area contributed by atoms with E-state index in [1.165, 1.54) is 0 Å². The van der Waals surface area contributed by atoms with Crippen LogP contribution in [0, 0.1) is 0 Å². The number of ether oxygens (including phenoxy) is 2. The number of hydrogen-bond donors (Lipinski definition) is 1. The first-order chi connectivity index (χ1) is 13.5. The molecule has 2 aromatic carbocycles. The van der Waals surface area contributed by atoms with Crippen LogP contribution in [-0.4, -0.2) is 23.6 Å². The molecule has 0 aliphatic rings. The zero-order valence-electron chi connectivity index (χ0n) is 15.9. The summed E-state index contributed by atoms with van der Waals surface area (Å²) in [5, 5.41) is 4.25. The van der Waals surface area contributed by atoms with Crippen LogP contribution in [0.3, 0.4) is 0 Å². The Kier molecular flexibility index (Phi) is 6.85. The van der Waals surface area contributed by atoms with Gasteiger partial charge in [-0.2, -0.15) is 0 Å². The molecular formula is C22H23ClN2O3. The Balaban J connectivity index is 1.51. The molecule has 5 nitrogen and oxygen atoms in total. The van der Waals surface area contributed by atoms with Crippen LogP contribution < -0.4 is 10.1 Å². The smallest absolute Gasteiger partial charge is 0.258 e. The minimum atomic E-state index is -0.203. The summed E-state index contributed by atoms with van der Waals surface area (Å²) in [5.74, 6) is 0.330. The van der Waals surface area contributed by atoms with Crippen molar-refractivity contribution in [1.29, 1.82) is 0 Å². The van der Waals surface area contributed by atoms with Crippen LogP contribution in [0.5, 0.6) is 5.75 Å². The maximum Gasteiger partial charge on any atom is 0.258 e. The Morgan fingerprint density at radius 1 is 1.11 bits per heavy atom. The lowest BCUT2D eigenvalue weighted by Crippen LogP contribution is -2.28. The number of carbonyl (C=O) groups is 1. The van der Waals surface area contributed by atoms with Crippen molar-refractivity contribution in [2.75, 3.05) is 6.61 Å². The summed E-state index contributed by atoms with van der Waals surface area (Å²) in [6.07, 6.45) is 1.87. The molecule has 1 amide bonds. The molecule has 0 spiro atoms. The summed E-state index contributed by atoms with van der Waals surface area (Å²) >= 11 is 6.17. The fraction of sp³-hybridized carbons (Fsp3) is 0.273. The van der Waals surface area contributed by atoms with E-state index in [0.717, 1.165) is 16.5 Å². The van der Waals surface area contributed by atoms with Gasteiger partial charge in [0, 0.05) is 18.1 Å². The quantitative estimate of drug-likeness (QED) is 0.606. The summed E-state index contributed by atoms with van der Waals surface area (Å²) in [6, 6.07) is 15.1. The Bertz CT molecular complexity index is 942. The van der Waals surface area contributed by atoms with Gasteiger partial charge in [0.1, 0.15) is 11.3 Å². The van der Waals surface area contributed by atoms with Gasteiger partial charge in [0.25, 0.3) is 5.91 Å². The highest BCUT2D eigenvalue weighted by Crippen LogP contribution is 2.29. The zero-order valence-corrected chi connectivity index (χ0v) is 16.7. The van der Waals surface area contributed by atoms with E-state index in [-0.39, 0.29) is 18.6 Å². The maximum absolute atomic E-state index is 12.1. The van der Waals surface area contributed by atoms with Gasteiger partial charge in [0.05, 0.1) is 17.7 Å². The molecule has 0 saturated heterocycles. The largest absolute Gasteiger partial charge is 0.481 e. The van der Waals surface area contributed by atoms with Gasteiger partial charge in [-0.1, -0.05) is 35.9 Å². The van der Waals surface area contributed by atoms with Gasteiger partial charge >= 0.3 is 0 Å². The van der Waals surface area contributed by atoms with E-state index in [9.17, 15) is 4.79 Å².